The first-order valence-corrected chi connectivity index (χ1v) is 6.10. The van der Waals surface area contributed by atoms with Crippen LogP contribution < -0.4 is 10.9 Å². The molecule has 0 saturated heterocycles. The van der Waals surface area contributed by atoms with Crippen molar-refractivity contribution in [1.29, 1.82) is 0 Å². The van der Waals surface area contributed by atoms with Gasteiger partial charge in [-0.2, -0.15) is 0 Å². The van der Waals surface area contributed by atoms with Crippen LogP contribution in [0.25, 0.3) is 5.70 Å². The molecule has 0 amide bonds. The molecule has 0 fully saturated rings. The Labute approximate surface area is 106 Å². The van der Waals surface area contributed by atoms with Crippen molar-refractivity contribution >= 4 is 5.70 Å². The Morgan fingerprint density at radius 2 is 2.22 bits per heavy atom. The zero-order chi connectivity index (χ0) is 12.4. The summed E-state index contributed by atoms with van der Waals surface area (Å²) in [6, 6.07) is 0. The summed E-state index contributed by atoms with van der Waals surface area (Å²) in [7, 11) is 0. The van der Waals surface area contributed by atoms with E-state index in [1.807, 2.05) is 17.1 Å². The maximum Gasteiger partial charge on any atom is 0.0991 e. The highest BCUT2D eigenvalue weighted by Crippen LogP contribution is 2.21. The molecule has 18 heavy (non-hydrogen) atoms. The van der Waals surface area contributed by atoms with E-state index in [0.29, 0.717) is 0 Å². The van der Waals surface area contributed by atoms with Gasteiger partial charge in [-0.1, -0.05) is 18.2 Å². The highest BCUT2D eigenvalue weighted by atomic mass is 15.4. The lowest BCUT2D eigenvalue weighted by Gasteiger charge is -2.05. The predicted molar refractivity (Wildman–Crippen MR) is 72.2 cm³/mol. The Bertz CT molecular complexity index is 559. The van der Waals surface area contributed by atoms with Gasteiger partial charge >= 0.3 is 0 Å². The lowest BCUT2D eigenvalue weighted by Crippen LogP contribution is -2.24. The fraction of sp³-hybridized carbons (Fsp3) is 0.214. The van der Waals surface area contributed by atoms with Crippen LogP contribution in [0.1, 0.15) is 13.3 Å². The monoisotopic (exact) mass is 240 g/mol. The molecule has 0 bridgehead atoms. The molecule has 1 aliphatic heterocycles. The number of hydrogen-bond donors (Lipinski definition) is 2. The summed E-state index contributed by atoms with van der Waals surface area (Å²) in [5.41, 5.74) is 11.3. The van der Waals surface area contributed by atoms with E-state index in [-0.39, 0.29) is 0 Å². The molecular weight excluding hydrogens is 224 g/mol. The Morgan fingerprint density at radius 1 is 1.28 bits per heavy atom. The van der Waals surface area contributed by atoms with Gasteiger partial charge in [0, 0.05) is 24.6 Å². The number of imidazole rings is 1. The minimum Gasteiger partial charge on any atom is -0.321 e. The van der Waals surface area contributed by atoms with E-state index >= 15 is 0 Å². The third-order valence-electron chi connectivity index (χ3n) is 3.18. The molecule has 0 spiro atoms. The molecule has 0 aromatic carbocycles. The summed E-state index contributed by atoms with van der Waals surface area (Å²) in [6.07, 6.45) is 15.2. The standard InChI is InChI=1S/C14H16N4/c1-11-9-16-17-14(11)12-3-2-4-13(6-5-12)18-8-7-15-10-18/h3-8,10,16-17H,2,9H2,1H3. The molecule has 1 aliphatic carbocycles. The van der Waals surface area contributed by atoms with Crippen LogP contribution in [0.3, 0.4) is 0 Å². The molecule has 0 saturated carbocycles. The van der Waals surface area contributed by atoms with E-state index < -0.39 is 0 Å². The van der Waals surface area contributed by atoms with E-state index in [2.05, 4.69) is 47.1 Å². The Balaban J connectivity index is 1.85. The fourth-order valence-electron chi connectivity index (χ4n) is 2.19. The number of rotatable bonds is 2. The van der Waals surface area contributed by atoms with Gasteiger partial charge < -0.3 is 9.99 Å². The van der Waals surface area contributed by atoms with Gasteiger partial charge in [-0.05, 0) is 30.6 Å². The highest BCUT2D eigenvalue weighted by Gasteiger charge is 2.12. The second kappa shape index (κ2) is 4.66. The van der Waals surface area contributed by atoms with Crippen molar-refractivity contribution in [2.75, 3.05) is 6.54 Å². The minimum absolute atomic E-state index is 0.905. The van der Waals surface area contributed by atoms with E-state index in [1.165, 1.54) is 16.8 Å². The molecular formula is C14H16N4. The number of hydrazine groups is 1. The first kappa shape index (κ1) is 11.0. The Morgan fingerprint density at radius 3 is 2.94 bits per heavy atom. The largest absolute Gasteiger partial charge is 0.321 e. The van der Waals surface area contributed by atoms with Crippen LogP contribution in [0.2, 0.25) is 0 Å². The van der Waals surface area contributed by atoms with E-state index in [4.69, 9.17) is 0 Å². The van der Waals surface area contributed by atoms with Gasteiger partial charge in [-0.15, -0.1) is 0 Å². The number of nitrogens with zero attached hydrogens (tertiary/aromatic N) is 2. The van der Waals surface area contributed by atoms with E-state index in [1.54, 1.807) is 6.20 Å². The van der Waals surface area contributed by atoms with Crippen molar-refractivity contribution in [3.63, 3.8) is 0 Å². The van der Waals surface area contributed by atoms with Crippen molar-refractivity contribution < 1.29 is 0 Å². The molecule has 92 valence electrons. The summed E-state index contributed by atoms with van der Waals surface area (Å²) in [5, 5.41) is 0. The Hall–Kier alpha value is -2.07. The number of aromatic nitrogens is 2. The van der Waals surface area contributed by atoms with Crippen molar-refractivity contribution in [3.8, 4) is 0 Å². The highest BCUT2D eigenvalue weighted by molar-refractivity contribution is 5.62. The van der Waals surface area contributed by atoms with Crippen LogP contribution in [0, 0.1) is 0 Å². The predicted octanol–water partition coefficient (Wildman–Crippen LogP) is 1.99. The quantitative estimate of drug-likeness (QED) is 0.830. The zero-order valence-electron chi connectivity index (χ0n) is 10.4. The minimum atomic E-state index is 0.905. The number of allylic oxidation sites excluding steroid dienone is 5. The lowest BCUT2D eigenvalue weighted by atomic mass is 10.1. The molecule has 2 N–H and O–H groups in total. The van der Waals surface area contributed by atoms with Gasteiger partial charge in [0.1, 0.15) is 0 Å². The molecule has 2 aliphatic rings. The second-order valence-corrected chi connectivity index (χ2v) is 4.46. The molecule has 1 aromatic rings. The summed E-state index contributed by atoms with van der Waals surface area (Å²) in [4.78, 5) is 4.08. The van der Waals surface area contributed by atoms with Gasteiger partial charge in [-0.25, -0.2) is 10.4 Å². The summed E-state index contributed by atoms with van der Waals surface area (Å²) >= 11 is 0. The van der Waals surface area contributed by atoms with E-state index in [9.17, 15) is 0 Å². The third kappa shape index (κ3) is 2.02. The van der Waals surface area contributed by atoms with Gasteiger partial charge in [0.2, 0.25) is 0 Å². The van der Waals surface area contributed by atoms with Crippen LogP contribution in [0.5, 0.6) is 0 Å². The van der Waals surface area contributed by atoms with Crippen molar-refractivity contribution in [1.82, 2.24) is 20.4 Å². The molecule has 2 heterocycles. The lowest BCUT2D eigenvalue weighted by molar-refractivity contribution is 0.703. The van der Waals surface area contributed by atoms with E-state index in [0.717, 1.165) is 18.7 Å². The first-order valence-electron chi connectivity index (χ1n) is 6.10. The van der Waals surface area contributed by atoms with Gasteiger partial charge in [0.15, 0.2) is 0 Å². The summed E-state index contributed by atoms with van der Waals surface area (Å²) < 4.78 is 2.02. The molecule has 0 atom stereocenters. The van der Waals surface area contributed by atoms with Gasteiger partial charge in [0.05, 0.1) is 12.0 Å². The molecule has 4 heteroatoms. The normalized spacial score (nSPS) is 19.4. The average Bonchev–Trinajstić information content (AvgIpc) is 2.98. The van der Waals surface area contributed by atoms with Crippen LogP contribution >= 0.6 is 0 Å². The Kier molecular flexibility index (Phi) is 2.86. The maximum absolute atomic E-state index is 4.08. The second-order valence-electron chi connectivity index (χ2n) is 4.46. The molecule has 3 rings (SSSR count). The smallest absolute Gasteiger partial charge is 0.0991 e. The average molecular weight is 240 g/mol. The topological polar surface area (TPSA) is 41.9 Å². The number of hydrogen-bond acceptors (Lipinski definition) is 3. The van der Waals surface area contributed by atoms with Gasteiger partial charge in [0.25, 0.3) is 0 Å². The van der Waals surface area contributed by atoms with Crippen molar-refractivity contribution in [2.45, 2.75) is 13.3 Å². The van der Waals surface area contributed by atoms with Crippen LogP contribution in [0.4, 0.5) is 0 Å². The van der Waals surface area contributed by atoms with Crippen LogP contribution in [0.15, 0.2) is 59.9 Å². The molecule has 0 unspecified atom stereocenters. The van der Waals surface area contributed by atoms with Gasteiger partial charge in [-0.3, -0.25) is 0 Å². The fourth-order valence-corrected chi connectivity index (χ4v) is 2.19. The van der Waals surface area contributed by atoms with Crippen molar-refractivity contribution in [3.05, 3.63) is 59.9 Å². The molecule has 1 aromatic heterocycles. The number of nitrogens with one attached hydrogen (secondary N) is 2. The maximum atomic E-state index is 4.08. The summed E-state index contributed by atoms with van der Waals surface area (Å²) in [6.45, 7) is 3.05. The van der Waals surface area contributed by atoms with Crippen LogP contribution in [-0.2, 0) is 0 Å². The van der Waals surface area contributed by atoms with Crippen molar-refractivity contribution in [2.24, 2.45) is 0 Å². The van der Waals surface area contributed by atoms with Crippen LogP contribution in [-0.4, -0.2) is 16.1 Å². The first-order chi connectivity index (χ1) is 8.84. The molecule has 4 nitrogen and oxygen atoms in total. The summed E-state index contributed by atoms with van der Waals surface area (Å²) in [5.74, 6) is 0. The SMILES string of the molecule is CC1=C(C2=CCC=C(n3ccnc3)C=C2)NNC1. The third-order valence-corrected chi connectivity index (χ3v) is 3.18. The molecule has 0 radical (unpaired) electrons. The zero-order valence-corrected chi connectivity index (χ0v) is 10.4.